The zero-order valence-electron chi connectivity index (χ0n) is 37.4. The van der Waals surface area contributed by atoms with Crippen LogP contribution in [0.1, 0.15) is 97.6 Å². The van der Waals surface area contributed by atoms with E-state index in [0.29, 0.717) is 49.1 Å². The van der Waals surface area contributed by atoms with E-state index in [-0.39, 0.29) is 35.8 Å². The number of aromatic nitrogens is 1. The maximum absolute atomic E-state index is 17.8. The molecule has 4 aromatic rings. The van der Waals surface area contributed by atoms with Crippen LogP contribution in [0, 0.1) is 22.7 Å². The number of pyridine rings is 1. The van der Waals surface area contributed by atoms with Gasteiger partial charge in [-0.05, 0) is 136 Å². The van der Waals surface area contributed by atoms with Crippen molar-refractivity contribution in [2.24, 2.45) is 28.4 Å². The van der Waals surface area contributed by atoms with E-state index in [1.54, 1.807) is 51.4 Å². The van der Waals surface area contributed by atoms with E-state index in [9.17, 15) is 29.1 Å². The van der Waals surface area contributed by atoms with Gasteiger partial charge in [-0.1, -0.05) is 48.9 Å². The molecule has 0 bridgehead atoms. The van der Waals surface area contributed by atoms with E-state index in [0.717, 1.165) is 16.3 Å². The summed E-state index contributed by atoms with van der Waals surface area (Å²) in [5.41, 5.74) is 2.89. The van der Waals surface area contributed by atoms with Crippen molar-refractivity contribution in [1.29, 1.82) is 0 Å². The summed E-state index contributed by atoms with van der Waals surface area (Å²) in [7, 11) is 0. The second-order valence-corrected chi connectivity index (χ2v) is 19.3. The summed E-state index contributed by atoms with van der Waals surface area (Å²) in [5, 5.41) is 16.8. The van der Waals surface area contributed by atoms with E-state index in [4.69, 9.17) is 24.7 Å². The number of amides is 1. The Morgan fingerprint density at radius 2 is 1.65 bits per heavy atom. The summed E-state index contributed by atoms with van der Waals surface area (Å²) in [4.78, 5) is 70.8. The fourth-order valence-corrected chi connectivity index (χ4v) is 12.0. The maximum Gasteiger partial charge on any atom is 0.338 e. The standard InChI is InChI=1S/C52H54FN3O10/c1-48(2)65-44-25-41-40-16-14-36-24-38(57)17-20-49(36,3)51(40,53)42(58)26-50(41,4)52(44,66-48)43(59)29-64-47(62)33-11-9-32(10-12-33)46(61)63-28-30-5-7-31(8-6-30)39(18-21-54)45(60)56-37-15-13-35-27-55-22-19-34(35)23-37/h5-13,15,17,19-20,22-24,27,39-42,44,58H,14,16,18,21,25-26,28-29,54H2,1-4H3,(H,56,60)/t39?,40-,41-,42-,44+,49-,50-,51-,52+/m0/s1. The number of alkyl halides is 1. The molecule has 1 aromatic heterocycles. The molecule has 3 aromatic carbocycles. The number of nitrogens with one attached hydrogen (secondary N) is 1. The second kappa shape index (κ2) is 16.7. The zero-order valence-corrected chi connectivity index (χ0v) is 37.4. The molecule has 0 spiro atoms. The third kappa shape index (κ3) is 7.38. The van der Waals surface area contributed by atoms with Gasteiger partial charge < -0.3 is 35.1 Å². The van der Waals surface area contributed by atoms with Crippen LogP contribution in [-0.2, 0) is 39.9 Å². The van der Waals surface area contributed by atoms with Gasteiger partial charge in [0.05, 0.1) is 29.3 Å². The molecule has 5 aliphatic rings. The van der Waals surface area contributed by atoms with Gasteiger partial charge in [-0.25, -0.2) is 14.0 Å². The van der Waals surface area contributed by atoms with Gasteiger partial charge in [0.1, 0.15) is 6.61 Å². The van der Waals surface area contributed by atoms with E-state index < -0.39 is 82.2 Å². The lowest BCUT2D eigenvalue weighted by atomic mass is 9.44. The molecule has 2 heterocycles. The number of ketones is 2. The number of nitrogens with two attached hydrogens (primary N) is 1. The van der Waals surface area contributed by atoms with Crippen molar-refractivity contribution in [3.63, 3.8) is 0 Å². The SMILES string of the molecule is CC1(C)O[C@@H]2C[C@H]3[C@@H]4CCC5=CC(=O)C=C[C@]5(C)[C@@]4(F)[C@@H](O)C[C@]3(C)[C@]2(C(=O)COC(=O)c2ccc(C(=O)OCc3ccc(C(CCN)C(=O)Nc4ccc5cnccc5c4)cc3)cc2)O1. The lowest BCUT2D eigenvalue weighted by molar-refractivity contribution is -0.246. The zero-order chi connectivity index (χ0) is 46.8. The molecular formula is C52H54FN3O10. The minimum absolute atomic E-state index is 0.0463. The number of ether oxygens (including phenoxy) is 4. The normalized spacial score (nSPS) is 30.8. The Balaban J connectivity index is 0.820. The number of halogens is 1. The summed E-state index contributed by atoms with van der Waals surface area (Å²) < 4.78 is 41.9. The average Bonchev–Trinajstić information content (AvgIpc) is 3.71. The summed E-state index contributed by atoms with van der Waals surface area (Å²) in [6.07, 6.45) is 7.03. The van der Waals surface area contributed by atoms with E-state index in [2.05, 4.69) is 10.3 Å². The fraction of sp³-hybridized carbons (Fsp3) is 0.423. The summed E-state index contributed by atoms with van der Waals surface area (Å²) in [5.74, 6) is -5.19. The first-order chi connectivity index (χ1) is 31.4. The molecule has 9 atom stereocenters. The smallest absolute Gasteiger partial charge is 0.338 e. The van der Waals surface area contributed by atoms with Crippen LogP contribution in [-0.4, -0.2) is 81.9 Å². The molecule has 4 aliphatic carbocycles. The van der Waals surface area contributed by atoms with Crippen LogP contribution in [0.25, 0.3) is 10.8 Å². The van der Waals surface area contributed by atoms with Crippen LogP contribution in [0.5, 0.6) is 0 Å². The predicted octanol–water partition coefficient (Wildman–Crippen LogP) is 7.26. The highest BCUT2D eigenvalue weighted by atomic mass is 19.1. The van der Waals surface area contributed by atoms with Crippen molar-refractivity contribution in [3.8, 4) is 0 Å². The molecule has 1 amide bonds. The third-order valence-electron chi connectivity index (χ3n) is 15.2. The van der Waals surface area contributed by atoms with E-state index in [1.165, 1.54) is 36.4 Å². The van der Waals surface area contributed by atoms with Gasteiger partial charge in [0.25, 0.3) is 0 Å². The monoisotopic (exact) mass is 899 g/mol. The Bertz CT molecular complexity index is 2680. The molecule has 9 rings (SSSR count). The molecule has 3 saturated carbocycles. The number of aliphatic hydroxyl groups excluding tert-OH is 1. The quantitative estimate of drug-likeness (QED) is 0.121. The number of anilines is 1. The summed E-state index contributed by atoms with van der Waals surface area (Å²) in [6, 6.07) is 20.3. The number of carbonyl (C=O) groups excluding carboxylic acids is 5. The predicted molar refractivity (Wildman–Crippen MR) is 241 cm³/mol. The Hall–Kier alpha value is -5.93. The molecule has 0 radical (unpaired) electrons. The first-order valence-corrected chi connectivity index (χ1v) is 22.5. The number of nitrogens with zero attached hydrogens (tertiary/aromatic N) is 1. The van der Waals surface area contributed by atoms with Crippen LogP contribution < -0.4 is 11.1 Å². The van der Waals surface area contributed by atoms with Gasteiger partial charge in [-0.2, -0.15) is 0 Å². The van der Waals surface area contributed by atoms with Crippen LogP contribution in [0.2, 0.25) is 0 Å². The lowest BCUT2D eigenvalue weighted by Gasteiger charge is -2.62. The molecule has 4 fully saturated rings. The molecule has 1 unspecified atom stereocenters. The van der Waals surface area contributed by atoms with E-state index >= 15 is 4.39 Å². The maximum atomic E-state index is 17.8. The van der Waals surface area contributed by atoms with Crippen molar-refractivity contribution >= 4 is 45.9 Å². The first-order valence-electron chi connectivity index (χ1n) is 22.5. The molecule has 1 saturated heterocycles. The Morgan fingerprint density at radius 1 is 0.939 bits per heavy atom. The molecular weight excluding hydrogens is 846 g/mol. The first kappa shape index (κ1) is 45.2. The number of fused-ring (bicyclic) bond motifs is 8. The number of allylic oxidation sites excluding steroid dienone is 4. The third-order valence-corrected chi connectivity index (χ3v) is 15.2. The van der Waals surface area contributed by atoms with Gasteiger partial charge in [-0.15, -0.1) is 0 Å². The minimum atomic E-state index is -2.11. The Kier molecular flexibility index (Phi) is 11.5. The number of rotatable bonds is 12. The van der Waals surface area contributed by atoms with Gasteiger partial charge in [-0.3, -0.25) is 19.4 Å². The van der Waals surface area contributed by atoms with Crippen LogP contribution in [0.15, 0.2) is 109 Å². The number of aliphatic hydroxyl groups is 1. The largest absolute Gasteiger partial charge is 0.457 e. The van der Waals surface area contributed by atoms with Crippen molar-refractivity contribution in [1.82, 2.24) is 4.98 Å². The van der Waals surface area contributed by atoms with Crippen molar-refractivity contribution in [2.75, 3.05) is 18.5 Å². The molecule has 1 aliphatic heterocycles. The molecule has 13 nitrogen and oxygen atoms in total. The number of carbonyl (C=O) groups is 5. The molecule has 14 heteroatoms. The average molecular weight is 900 g/mol. The van der Waals surface area contributed by atoms with Crippen LogP contribution >= 0.6 is 0 Å². The van der Waals surface area contributed by atoms with Crippen molar-refractivity contribution in [3.05, 3.63) is 131 Å². The number of hydrogen-bond donors (Lipinski definition) is 3. The van der Waals surface area contributed by atoms with E-state index in [1.807, 2.05) is 43.3 Å². The molecule has 4 N–H and O–H groups in total. The van der Waals surface area contributed by atoms with Gasteiger partial charge in [0.15, 0.2) is 29.4 Å². The summed E-state index contributed by atoms with van der Waals surface area (Å²) in [6.45, 7) is 6.56. The highest BCUT2D eigenvalue weighted by Gasteiger charge is 2.80. The highest BCUT2D eigenvalue weighted by molar-refractivity contribution is 6.01. The molecule has 66 heavy (non-hydrogen) atoms. The highest BCUT2D eigenvalue weighted by Crippen LogP contribution is 2.72. The lowest BCUT2D eigenvalue weighted by Crippen LogP contribution is -2.70. The van der Waals surface area contributed by atoms with Gasteiger partial charge in [0.2, 0.25) is 11.7 Å². The van der Waals surface area contributed by atoms with Gasteiger partial charge >= 0.3 is 11.9 Å². The topological polar surface area (TPSA) is 193 Å². The number of benzene rings is 3. The molecule has 344 valence electrons. The van der Waals surface area contributed by atoms with Crippen LogP contribution in [0.3, 0.4) is 0 Å². The second-order valence-electron chi connectivity index (χ2n) is 19.3. The van der Waals surface area contributed by atoms with Crippen molar-refractivity contribution < 1.29 is 52.4 Å². The summed E-state index contributed by atoms with van der Waals surface area (Å²) >= 11 is 0. The number of Topliss-reactive ketones (excluding diaryl/α,β-unsaturated/α-hetero) is 1. The Morgan fingerprint density at radius 3 is 2.36 bits per heavy atom. The fourth-order valence-electron chi connectivity index (χ4n) is 12.0. The number of hydrogen-bond acceptors (Lipinski definition) is 12. The minimum Gasteiger partial charge on any atom is -0.457 e. The number of esters is 2. The Labute approximate surface area is 381 Å². The van der Waals surface area contributed by atoms with Crippen LogP contribution in [0.4, 0.5) is 10.1 Å². The van der Waals surface area contributed by atoms with Gasteiger partial charge in [0, 0.05) is 40.2 Å². The van der Waals surface area contributed by atoms with Crippen molar-refractivity contribution in [2.45, 2.75) is 102 Å².